The highest BCUT2D eigenvalue weighted by Crippen LogP contribution is 2.41. The number of alkyl halides is 1. The SMILES string of the molecule is ClCC1(Cc2cncc(Br)c2)CCCc2ccccc21. The van der Waals surface area contributed by atoms with Gasteiger partial charge in [-0.25, -0.2) is 0 Å². The smallest absolute Gasteiger partial charge is 0.0410 e. The van der Waals surface area contributed by atoms with E-state index in [0.717, 1.165) is 17.3 Å². The third kappa shape index (κ3) is 2.64. The lowest BCUT2D eigenvalue weighted by Crippen LogP contribution is -2.35. The van der Waals surface area contributed by atoms with Crippen molar-refractivity contribution in [3.63, 3.8) is 0 Å². The van der Waals surface area contributed by atoms with Crippen molar-refractivity contribution < 1.29 is 0 Å². The van der Waals surface area contributed by atoms with Crippen LogP contribution in [-0.2, 0) is 18.3 Å². The molecule has 1 atom stereocenters. The minimum absolute atomic E-state index is 0.0544. The van der Waals surface area contributed by atoms with Crippen molar-refractivity contribution in [2.45, 2.75) is 31.1 Å². The fourth-order valence-electron chi connectivity index (χ4n) is 3.32. The lowest BCUT2D eigenvalue weighted by atomic mass is 9.68. The van der Waals surface area contributed by atoms with E-state index in [2.05, 4.69) is 51.2 Å². The number of aryl methyl sites for hydroxylation is 1. The van der Waals surface area contributed by atoms with Crippen molar-refractivity contribution in [2.24, 2.45) is 0 Å². The Labute approximate surface area is 133 Å². The van der Waals surface area contributed by atoms with E-state index in [9.17, 15) is 0 Å². The van der Waals surface area contributed by atoms with Crippen molar-refractivity contribution in [1.82, 2.24) is 4.98 Å². The monoisotopic (exact) mass is 349 g/mol. The van der Waals surface area contributed by atoms with Gasteiger partial charge in [-0.05, 0) is 64.4 Å². The summed E-state index contributed by atoms with van der Waals surface area (Å²) in [6.45, 7) is 0. The molecule has 0 amide bonds. The van der Waals surface area contributed by atoms with Crippen LogP contribution in [-0.4, -0.2) is 10.9 Å². The predicted octanol–water partition coefficient (Wildman–Crippen LogP) is 4.90. The van der Waals surface area contributed by atoms with Crippen molar-refractivity contribution in [1.29, 1.82) is 0 Å². The molecule has 0 saturated heterocycles. The van der Waals surface area contributed by atoms with Crippen LogP contribution in [0.2, 0.25) is 0 Å². The fraction of sp³-hybridized carbons (Fsp3) is 0.353. The molecule has 0 fully saturated rings. The summed E-state index contributed by atoms with van der Waals surface area (Å²) in [5.41, 5.74) is 4.19. The molecule has 104 valence electrons. The maximum Gasteiger partial charge on any atom is 0.0410 e. The zero-order valence-electron chi connectivity index (χ0n) is 11.3. The molecule has 1 nitrogen and oxygen atoms in total. The average molecular weight is 351 g/mol. The maximum absolute atomic E-state index is 6.42. The third-order valence-electron chi connectivity index (χ3n) is 4.25. The van der Waals surface area contributed by atoms with Gasteiger partial charge >= 0.3 is 0 Å². The van der Waals surface area contributed by atoms with E-state index < -0.39 is 0 Å². The number of nitrogens with zero attached hydrogens (tertiary/aromatic N) is 1. The summed E-state index contributed by atoms with van der Waals surface area (Å²) in [5, 5.41) is 0. The van der Waals surface area contributed by atoms with Gasteiger partial charge < -0.3 is 0 Å². The highest BCUT2D eigenvalue weighted by atomic mass is 79.9. The Balaban J connectivity index is 2.00. The molecule has 0 N–H and O–H groups in total. The van der Waals surface area contributed by atoms with Crippen molar-refractivity contribution in [2.75, 3.05) is 5.88 Å². The van der Waals surface area contributed by atoms with Gasteiger partial charge in [0.15, 0.2) is 0 Å². The number of benzene rings is 1. The first kappa shape index (κ1) is 14.1. The second-order valence-electron chi connectivity index (χ2n) is 5.61. The third-order valence-corrected chi connectivity index (χ3v) is 5.20. The minimum Gasteiger partial charge on any atom is -0.263 e. The van der Waals surface area contributed by atoms with Crippen LogP contribution in [0.3, 0.4) is 0 Å². The zero-order chi connectivity index (χ0) is 14.0. The number of pyridine rings is 1. The molecule has 3 rings (SSSR count). The summed E-state index contributed by atoms with van der Waals surface area (Å²) in [4.78, 5) is 4.28. The molecule has 3 heteroatoms. The predicted molar refractivity (Wildman–Crippen MR) is 87.4 cm³/mol. The van der Waals surface area contributed by atoms with Gasteiger partial charge in [0.25, 0.3) is 0 Å². The van der Waals surface area contributed by atoms with Crippen molar-refractivity contribution >= 4 is 27.5 Å². The van der Waals surface area contributed by atoms with Gasteiger partial charge in [-0.2, -0.15) is 0 Å². The number of halogens is 2. The van der Waals surface area contributed by atoms with E-state index in [1.807, 2.05) is 12.4 Å². The van der Waals surface area contributed by atoms with Crippen molar-refractivity contribution in [3.8, 4) is 0 Å². The Bertz CT molecular complexity index is 613. The molecular weight excluding hydrogens is 334 g/mol. The summed E-state index contributed by atoms with van der Waals surface area (Å²) in [6.07, 6.45) is 8.28. The second-order valence-corrected chi connectivity index (χ2v) is 6.80. The van der Waals surface area contributed by atoms with Gasteiger partial charge in [-0.1, -0.05) is 24.3 Å². The summed E-state index contributed by atoms with van der Waals surface area (Å²) >= 11 is 9.93. The van der Waals surface area contributed by atoms with Crippen LogP contribution in [0.5, 0.6) is 0 Å². The molecule has 0 bridgehead atoms. The average Bonchev–Trinajstić information content (AvgIpc) is 2.47. The molecule has 1 aromatic heterocycles. The second kappa shape index (κ2) is 5.87. The van der Waals surface area contributed by atoms with Crippen LogP contribution < -0.4 is 0 Å². The Morgan fingerprint density at radius 3 is 2.90 bits per heavy atom. The normalized spacial score (nSPS) is 21.5. The number of hydrogen-bond acceptors (Lipinski definition) is 1. The van der Waals surface area contributed by atoms with Gasteiger partial charge in [-0.3, -0.25) is 4.98 Å². The quantitative estimate of drug-likeness (QED) is 0.717. The van der Waals surface area contributed by atoms with Crippen LogP contribution in [0.4, 0.5) is 0 Å². The maximum atomic E-state index is 6.42. The molecular formula is C17H17BrClN. The van der Waals surface area contributed by atoms with Crippen LogP contribution in [0.15, 0.2) is 47.2 Å². The van der Waals surface area contributed by atoms with E-state index in [1.165, 1.54) is 29.5 Å². The first-order valence-electron chi connectivity index (χ1n) is 6.97. The van der Waals surface area contributed by atoms with Crippen LogP contribution in [0.25, 0.3) is 0 Å². The van der Waals surface area contributed by atoms with E-state index in [4.69, 9.17) is 11.6 Å². The van der Waals surface area contributed by atoms with Gasteiger partial charge in [0.05, 0.1) is 0 Å². The molecule has 1 aromatic carbocycles. The molecule has 1 unspecified atom stereocenters. The lowest BCUT2D eigenvalue weighted by molar-refractivity contribution is 0.396. The Morgan fingerprint density at radius 2 is 2.10 bits per heavy atom. The fourth-order valence-corrected chi connectivity index (χ4v) is 4.10. The molecule has 0 spiro atoms. The van der Waals surface area contributed by atoms with Crippen LogP contribution >= 0.6 is 27.5 Å². The summed E-state index contributed by atoms with van der Waals surface area (Å²) in [5.74, 6) is 0.663. The zero-order valence-corrected chi connectivity index (χ0v) is 13.6. The van der Waals surface area contributed by atoms with E-state index in [0.29, 0.717) is 5.88 Å². The molecule has 0 aliphatic heterocycles. The summed E-state index contributed by atoms with van der Waals surface area (Å²) < 4.78 is 1.03. The molecule has 2 aromatic rings. The molecule has 0 saturated carbocycles. The number of fused-ring (bicyclic) bond motifs is 1. The Kier molecular flexibility index (Phi) is 4.13. The molecule has 1 heterocycles. The van der Waals surface area contributed by atoms with E-state index in [1.54, 1.807) is 0 Å². The van der Waals surface area contributed by atoms with Gasteiger partial charge in [0, 0.05) is 28.2 Å². The Morgan fingerprint density at radius 1 is 1.25 bits per heavy atom. The highest BCUT2D eigenvalue weighted by Gasteiger charge is 2.35. The van der Waals surface area contributed by atoms with Gasteiger partial charge in [0.2, 0.25) is 0 Å². The first-order chi connectivity index (χ1) is 9.73. The standard InChI is InChI=1S/C17H17BrClN/c18-15-8-13(10-20-11-15)9-17(12-19)7-3-5-14-4-1-2-6-16(14)17/h1-2,4,6,8,10-11H,3,5,7,9,12H2. The number of rotatable bonds is 3. The minimum atomic E-state index is 0.0544. The van der Waals surface area contributed by atoms with Gasteiger partial charge in [-0.15, -0.1) is 11.6 Å². The largest absolute Gasteiger partial charge is 0.263 e. The molecule has 0 radical (unpaired) electrons. The Hall–Kier alpha value is -0.860. The molecule has 1 aliphatic carbocycles. The number of aromatic nitrogens is 1. The molecule has 20 heavy (non-hydrogen) atoms. The van der Waals surface area contributed by atoms with Crippen LogP contribution in [0, 0.1) is 0 Å². The topological polar surface area (TPSA) is 12.9 Å². The van der Waals surface area contributed by atoms with Gasteiger partial charge in [0.1, 0.15) is 0 Å². The van der Waals surface area contributed by atoms with Crippen molar-refractivity contribution in [3.05, 3.63) is 63.9 Å². The molecule has 1 aliphatic rings. The highest BCUT2D eigenvalue weighted by molar-refractivity contribution is 9.10. The number of hydrogen-bond donors (Lipinski definition) is 0. The lowest BCUT2D eigenvalue weighted by Gasteiger charge is -2.38. The van der Waals surface area contributed by atoms with Crippen LogP contribution in [0.1, 0.15) is 29.5 Å². The van der Waals surface area contributed by atoms with E-state index >= 15 is 0 Å². The summed E-state index contributed by atoms with van der Waals surface area (Å²) in [7, 11) is 0. The first-order valence-corrected chi connectivity index (χ1v) is 8.30. The van der Waals surface area contributed by atoms with E-state index in [-0.39, 0.29) is 5.41 Å². The summed E-state index contributed by atoms with van der Waals surface area (Å²) in [6, 6.07) is 10.9.